The molecule has 1 aromatic heterocycles. The summed E-state index contributed by atoms with van der Waals surface area (Å²) in [5.74, 6) is 0. The summed E-state index contributed by atoms with van der Waals surface area (Å²) in [6.45, 7) is 0. The second kappa shape index (κ2) is 4.19. The predicted molar refractivity (Wildman–Crippen MR) is 76.0 cm³/mol. The number of anilines is 1. The number of nitrogens with zero attached hydrogens (tertiary/aromatic N) is 1. The van der Waals surface area contributed by atoms with Crippen molar-refractivity contribution in [1.29, 1.82) is 0 Å². The van der Waals surface area contributed by atoms with Crippen LogP contribution in [0, 0.1) is 0 Å². The quantitative estimate of drug-likeness (QED) is 0.658. The second-order valence-corrected chi connectivity index (χ2v) is 4.91. The largest absolute Gasteiger partial charge is 0.399 e. The SMILES string of the molecule is Nc1ccc2[nH]nc(-c3cc(Cl)cc(Cl)c3)c2c1. The lowest BCUT2D eigenvalue weighted by molar-refractivity contribution is 1.12. The van der Waals surface area contributed by atoms with Crippen molar-refractivity contribution >= 4 is 39.8 Å². The minimum absolute atomic E-state index is 0.581. The maximum absolute atomic E-state index is 6.00. The number of nitrogens with two attached hydrogens (primary N) is 1. The number of rotatable bonds is 1. The molecule has 0 amide bonds. The number of H-pyrrole nitrogens is 1. The molecule has 0 bridgehead atoms. The van der Waals surface area contributed by atoms with Crippen LogP contribution in [-0.4, -0.2) is 10.2 Å². The molecule has 3 N–H and O–H groups in total. The van der Waals surface area contributed by atoms with E-state index in [1.54, 1.807) is 6.07 Å². The van der Waals surface area contributed by atoms with E-state index < -0.39 is 0 Å². The maximum atomic E-state index is 6.00. The topological polar surface area (TPSA) is 54.7 Å². The van der Waals surface area contributed by atoms with Gasteiger partial charge in [0.15, 0.2) is 0 Å². The van der Waals surface area contributed by atoms with Gasteiger partial charge < -0.3 is 5.73 Å². The summed E-state index contributed by atoms with van der Waals surface area (Å²) in [4.78, 5) is 0. The predicted octanol–water partition coefficient (Wildman–Crippen LogP) is 4.12. The molecule has 18 heavy (non-hydrogen) atoms. The van der Waals surface area contributed by atoms with Crippen LogP contribution in [-0.2, 0) is 0 Å². The standard InChI is InChI=1S/C13H9Cl2N3/c14-8-3-7(4-9(15)5-8)13-11-6-10(16)1-2-12(11)17-18-13/h1-6H,16H2,(H,17,18). The number of benzene rings is 2. The first kappa shape index (κ1) is 11.4. The average molecular weight is 278 g/mol. The molecule has 0 aliphatic heterocycles. The van der Waals surface area contributed by atoms with Crippen molar-refractivity contribution in [2.75, 3.05) is 5.73 Å². The molecule has 0 aliphatic rings. The van der Waals surface area contributed by atoms with E-state index in [1.807, 2.05) is 30.3 Å². The van der Waals surface area contributed by atoms with Crippen LogP contribution in [0.25, 0.3) is 22.2 Å². The van der Waals surface area contributed by atoms with Crippen molar-refractivity contribution < 1.29 is 0 Å². The molecule has 0 atom stereocenters. The number of aromatic nitrogens is 2. The summed E-state index contributed by atoms with van der Waals surface area (Å²) in [5.41, 5.74) is 9.07. The molecule has 5 heteroatoms. The van der Waals surface area contributed by atoms with Gasteiger partial charge in [-0.15, -0.1) is 0 Å². The lowest BCUT2D eigenvalue weighted by Crippen LogP contribution is -1.84. The molecule has 2 aromatic carbocycles. The van der Waals surface area contributed by atoms with Gasteiger partial charge in [-0.25, -0.2) is 0 Å². The maximum Gasteiger partial charge on any atom is 0.100 e. The highest BCUT2D eigenvalue weighted by atomic mass is 35.5. The van der Waals surface area contributed by atoms with E-state index in [2.05, 4.69) is 10.2 Å². The van der Waals surface area contributed by atoms with Crippen molar-refractivity contribution in [2.45, 2.75) is 0 Å². The summed E-state index contributed by atoms with van der Waals surface area (Å²) < 4.78 is 0. The van der Waals surface area contributed by atoms with Gasteiger partial charge in [0, 0.05) is 26.7 Å². The fourth-order valence-electron chi connectivity index (χ4n) is 1.94. The van der Waals surface area contributed by atoms with Gasteiger partial charge in [-0.05, 0) is 36.4 Å². The summed E-state index contributed by atoms with van der Waals surface area (Å²) >= 11 is 12.0. The Morgan fingerprint density at radius 2 is 1.72 bits per heavy atom. The van der Waals surface area contributed by atoms with E-state index >= 15 is 0 Å². The molecule has 0 radical (unpaired) electrons. The molecule has 1 heterocycles. The lowest BCUT2D eigenvalue weighted by Gasteiger charge is -2.01. The van der Waals surface area contributed by atoms with Crippen LogP contribution in [0.15, 0.2) is 36.4 Å². The lowest BCUT2D eigenvalue weighted by atomic mass is 10.1. The molecule has 3 nitrogen and oxygen atoms in total. The molecule has 3 rings (SSSR count). The van der Waals surface area contributed by atoms with Crippen molar-refractivity contribution in [1.82, 2.24) is 10.2 Å². The third kappa shape index (κ3) is 1.92. The molecule has 0 unspecified atom stereocenters. The van der Waals surface area contributed by atoms with Gasteiger partial charge in [0.2, 0.25) is 0 Å². The highest BCUT2D eigenvalue weighted by Crippen LogP contribution is 2.31. The Kier molecular flexibility index (Phi) is 2.65. The molecule has 0 saturated carbocycles. The van der Waals surface area contributed by atoms with Crippen LogP contribution in [0.5, 0.6) is 0 Å². The van der Waals surface area contributed by atoms with Crippen molar-refractivity contribution in [2.24, 2.45) is 0 Å². The second-order valence-electron chi connectivity index (χ2n) is 4.04. The van der Waals surface area contributed by atoms with Gasteiger partial charge in [-0.1, -0.05) is 23.2 Å². The van der Waals surface area contributed by atoms with Crippen LogP contribution >= 0.6 is 23.2 Å². The molecule has 0 aliphatic carbocycles. The number of aromatic amines is 1. The molecule has 90 valence electrons. The third-order valence-electron chi connectivity index (χ3n) is 2.72. The smallest absolute Gasteiger partial charge is 0.100 e. The Balaban J connectivity index is 2.27. The Hall–Kier alpha value is -1.71. The monoisotopic (exact) mass is 277 g/mol. The van der Waals surface area contributed by atoms with E-state index in [0.29, 0.717) is 15.7 Å². The van der Waals surface area contributed by atoms with E-state index in [0.717, 1.165) is 22.2 Å². The minimum Gasteiger partial charge on any atom is -0.399 e. The fraction of sp³-hybridized carbons (Fsp3) is 0. The Labute approximate surface area is 114 Å². The van der Waals surface area contributed by atoms with Crippen LogP contribution in [0.3, 0.4) is 0 Å². The van der Waals surface area contributed by atoms with Crippen LogP contribution in [0.4, 0.5) is 5.69 Å². The summed E-state index contributed by atoms with van der Waals surface area (Å²) in [5, 5.41) is 9.37. The molecule has 0 fully saturated rings. The highest BCUT2D eigenvalue weighted by Gasteiger charge is 2.09. The minimum atomic E-state index is 0.581. The van der Waals surface area contributed by atoms with Crippen LogP contribution < -0.4 is 5.73 Å². The first-order valence-electron chi connectivity index (χ1n) is 5.33. The number of hydrogen-bond acceptors (Lipinski definition) is 2. The molecule has 0 spiro atoms. The first-order chi connectivity index (χ1) is 8.63. The first-order valence-corrected chi connectivity index (χ1v) is 6.09. The number of hydrogen-bond donors (Lipinski definition) is 2. The average Bonchev–Trinajstić information content (AvgIpc) is 2.70. The summed E-state index contributed by atoms with van der Waals surface area (Å²) in [6, 6.07) is 10.9. The number of nitrogen functional groups attached to an aromatic ring is 1. The molecule has 0 saturated heterocycles. The van der Waals surface area contributed by atoms with Gasteiger partial charge in [0.1, 0.15) is 5.69 Å². The van der Waals surface area contributed by atoms with Crippen LogP contribution in [0.2, 0.25) is 10.0 Å². The zero-order valence-corrected chi connectivity index (χ0v) is 10.8. The molecule has 3 aromatic rings. The van der Waals surface area contributed by atoms with Crippen LogP contribution in [0.1, 0.15) is 0 Å². The van der Waals surface area contributed by atoms with E-state index in [-0.39, 0.29) is 0 Å². The van der Waals surface area contributed by atoms with Gasteiger partial charge in [0.05, 0.1) is 5.52 Å². The Morgan fingerprint density at radius 1 is 1.00 bits per heavy atom. The van der Waals surface area contributed by atoms with Crippen molar-refractivity contribution in [3.8, 4) is 11.3 Å². The van der Waals surface area contributed by atoms with E-state index in [4.69, 9.17) is 28.9 Å². The fourth-order valence-corrected chi connectivity index (χ4v) is 2.47. The van der Waals surface area contributed by atoms with Gasteiger partial charge in [0.25, 0.3) is 0 Å². The Bertz CT molecular complexity index is 714. The number of halogens is 2. The molecular weight excluding hydrogens is 269 g/mol. The van der Waals surface area contributed by atoms with Crippen molar-refractivity contribution in [3.05, 3.63) is 46.4 Å². The summed E-state index contributed by atoms with van der Waals surface area (Å²) in [6.07, 6.45) is 0. The summed E-state index contributed by atoms with van der Waals surface area (Å²) in [7, 11) is 0. The Morgan fingerprint density at radius 3 is 2.44 bits per heavy atom. The zero-order valence-electron chi connectivity index (χ0n) is 9.24. The normalized spacial score (nSPS) is 11.0. The zero-order chi connectivity index (χ0) is 12.7. The number of nitrogens with one attached hydrogen (secondary N) is 1. The van der Waals surface area contributed by atoms with E-state index in [1.165, 1.54) is 0 Å². The van der Waals surface area contributed by atoms with E-state index in [9.17, 15) is 0 Å². The van der Waals surface area contributed by atoms with Crippen molar-refractivity contribution in [3.63, 3.8) is 0 Å². The van der Waals surface area contributed by atoms with Gasteiger partial charge in [-0.3, -0.25) is 5.10 Å². The highest BCUT2D eigenvalue weighted by molar-refractivity contribution is 6.35. The number of fused-ring (bicyclic) bond motifs is 1. The van der Waals surface area contributed by atoms with Gasteiger partial charge >= 0.3 is 0 Å². The third-order valence-corrected chi connectivity index (χ3v) is 3.16. The molecular formula is C13H9Cl2N3. The van der Waals surface area contributed by atoms with Gasteiger partial charge in [-0.2, -0.15) is 5.10 Å².